The predicted octanol–water partition coefficient (Wildman–Crippen LogP) is 2.07. The number of ether oxygens (including phenoxy) is 2. The van der Waals surface area contributed by atoms with Gasteiger partial charge in [-0.05, 0) is 23.6 Å². The van der Waals surface area contributed by atoms with E-state index in [1.807, 2.05) is 30.3 Å². The summed E-state index contributed by atoms with van der Waals surface area (Å²) in [5, 5.41) is 2.79. The number of nitrogens with zero attached hydrogens (tertiary/aromatic N) is 1. The van der Waals surface area contributed by atoms with Crippen molar-refractivity contribution in [1.29, 1.82) is 0 Å². The summed E-state index contributed by atoms with van der Waals surface area (Å²) in [6, 6.07) is 11.7. The first-order chi connectivity index (χ1) is 12.3. The van der Waals surface area contributed by atoms with Crippen molar-refractivity contribution in [2.75, 3.05) is 20.3 Å². The number of fused-ring (bicyclic) bond motifs is 3. The van der Waals surface area contributed by atoms with Crippen LogP contribution < -0.4 is 20.5 Å². The molecule has 1 aliphatic rings. The molecule has 0 aliphatic carbocycles. The van der Waals surface area contributed by atoms with Gasteiger partial charge in [0.1, 0.15) is 6.61 Å². The third-order valence-electron chi connectivity index (χ3n) is 4.08. The Bertz CT molecular complexity index is 789. The lowest BCUT2D eigenvalue weighted by Crippen LogP contribution is -2.31. The summed E-state index contributed by atoms with van der Waals surface area (Å²) in [4.78, 5) is 15.4. The molecule has 0 fully saturated rings. The van der Waals surface area contributed by atoms with Crippen LogP contribution in [0.3, 0.4) is 0 Å². The lowest BCUT2D eigenvalue weighted by Gasteiger charge is -2.20. The van der Waals surface area contributed by atoms with Gasteiger partial charge in [0, 0.05) is 24.4 Å². The molecule has 2 aromatic rings. The molecule has 25 heavy (non-hydrogen) atoms. The summed E-state index contributed by atoms with van der Waals surface area (Å²) >= 11 is 0. The molecule has 1 aliphatic heterocycles. The van der Waals surface area contributed by atoms with Gasteiger partial charge in [-0.3, -0.25) is 9.79 Å². The normalized spacial score (nSPS) is 15.4. The number of nitrogens with one attached hydrogen (secondary N) is 1. The van der Waals surface area contributed by atoms with E-state index in [9.17, 15) is 4.79 Å². The summed E-state index contributed by atoms with van der Waals surface area (Å²) in [7, 11) is 1.61. The fraction of sp³-hybridized carbons (Fsp3) is 0.263. The number of hydrogen-bond acceptors (Lipinski definition) is 5. The highest BCUT2D eigenvalue weighted by atomic mass is 16.5. The van der Waals surface area contributed by atoms with E-state index < -0.39 is 0 Å². The first-order valence-corrected chi connectivity index (χ1v) is 8.14. The Labute approximate surface area is 146 Å². The highest BCUT2D eigenvalue weighted by Gasteiger charge is 2.19. The van der Waals surface area contributed by atoms with Gasteiger partial charge in [0.05, 0.1) is 18.8 Å². The first-order valence-electron chi connectivity index (χ1n) is 8.14. The predicted molar refractivity (Wildman–Crippen MR) is 97.8 cm³/mol. The number of nitrogens with two attached hydrogens (primary N) is 1. The van der Waals surface area contributed by atoms with Crippen molar-refractivity contribution < 1.29 is 14.3 Å². The SMILES string of the molecule is COc1cc2c(cc1OCCN)N=CC(NC=O)Cc1ccccc1-2. The molecule has 0 bridgehead atoms. The van der Waals surface area contributed by atoms with Crippen LogP contribution in [0.15, 0.2) is 41.4 Å². The molecule has 1 atom stereocenters. The van der Waals surface area contributed by atoms with Crippen molar-refractivity contribution in [3.63, 3.8) is 0 Å². The van der Waals surface area contributed by atoms with Crippen LogP contribution in [-0.4, -0.2) is 38.9 Å². The summed E-state index contributed by atoms with van der Waals surface area (Å²) in [5.74, 6) is 1.24. The molecular weight excluding hydrogens is 318 g/mol. The fourth-order valence-corrected chi connectivity index (χ4v) is 2.92. The average molecular weight is 339 g/mol. The Morgan fingerprint density at radius 1 is 1.28 bits per heavy atom. The second-order valence-corrected chi connectivity index (χ2v) is 5.69. The Hall–Kier alpha value is -2.86. The number of rotatable bonds is 6. The van der Waals surface area contributed by atoms with Crippen molar-refractivity contribution in [2.24, 2.45) is 10.7 Å². The average Bonchev–Trinajstić information content (AvgIpc) is 2.63. The number of benzene rings is 2. The van der Waals surface area contributed by atoms with Crippen LogP contribution in [0, 0.1) is 0 Å². The molecule has 3 N–H and O–H groups in total. The maximum atomic E-state index is 10.9. The van der Waals surface area contributed by atoms with Gasteiger partial charge in [-0.15, -0.1) is 0 Å². The Morgan fingerprint density at radius 2 is 2.12 bits per heavy atom. The van der Waals surface area contributed by atoms with E-state index in [1.54, 1.807) is 13.3 Å². The zero-order chi connectivity index (χ0) is 17.6. The van der Waals surface area contributed by atoms with Crippen LogP contribution in [0.1, 0.15) is 5.56 Å². The van der Waals surface area contributed by atoms with Gasteiger partial charge in [-0.25, -0.2) is 0 Å². The molecule has 2 aromatic carbocycles. The number of amides is 1. The van der Waals surface area contributed by atoms with Crippen molar-refractivity contribution >= 4 is 18.3 Å². The van der Waals surface area contributed by atoms with E-state index in [2.05, 4.69) is 16.4 Å². The van der Waals surface area contributed by atoms with Crippen LogP contribution in [0.25, 0.3) is 11.1 Å². The maximum Gasteiger partial charge on any atom is 0.207 e. The quantitative estimate of drug-likeness (QED) is 0.789. The van der Waals surface area contributed by atoms with E-state index in [1.165, 1.54) is 0 Å². The van der Waals surface area contributed by atoms with Gasteiger partial charge in [0.2, 0.25) is 6.41 Å². The van der Waals surface area contributed by atoms with Crippen molar-refractivity contribution in [1.82, 2.24) is 5.32 Å². The second kappa shape index (κ2) is 7.81. The monoisotopic (exact) mass is 339 g/mol. The molecule has 0 aromatic heterocycles. The molecule has 0 saturated heterocycles. The van der Waals surface area contributed by atoms with Crippen molar-refractivity contribution in [2.45, 2.75) is 12.5 Å². The molecular formula is C19H21N3O3. The molecule has 130 valence electrons. The zero-order valence-corrected chi connectivity index (χ0v) is 14.1. The molecule has 6 nitrogen and oxygen atoms in total. The summed E-state index contributed by atoms with van der Waals surface area (Å²) < 4.78 is 11.2. The fourth-order valence-electron chi connectivity index (χ4n) is 2.92. The molecule has 0 saturated carbocycles. The molecule has 1 heterocycles. The minimum absolute atomic E-state index is 0.165. The van der Waals surface area contributed by atoms with E-state index in [0.717, 1.165) is 22.4 Å². The lowest BCUT2D eigenvalue weighted by molar-refractivity contribution is -0.109. The van der Waals surface area contributed by atoms with Gasteiger partial charge < -0.3 is 20.5 Å². The summed E-state index contributed by atoms with van der Waals surface area (Å²) in [6.07, 6.45) is 3.12. The Morgan fingerprint density at radius 3 is 2.88 bits per heavy atom. The largest absolute Gasteiger partial charge is 0.493 e. The first kappa shape index (κ1) is 17.0. The minimum atomic E-state index is -0.165. The van der Waals surface area contributed by atoms with E-state index in [0.29, 0.717) is 37.5 Å². The number of carbonyl (C=O) groups excluding carboxylic acids is 1. The molecule has 6 heteroatoms. The molecule has 3 rings (SSSR count). The molecule has 0 radical (unpaired) electrons. The summed E-state index contributed by atoms with van der Waals surface area (Å²) in [6.45, 7) is 0.808. The van der Waals surface area contributed by atoms with Gasteiger partial charge in [-0.2, -0.15) is 0 Å². The van der Waals surface area contributed by atoms with Crippen molar-refractivity contribution in [3.8, 4) is 22.6 Å². The van der Waals surface area contributed by atoms with Gasteiger partial charge >= 0.3 is 0 Å². The molecule has 0 spiro atoms. The third kappa shape index (κ3) is 3.64. The maximum absolute atomic E-state index is 10.9. The van der Waals surface area contributed by atoms with E-state index >= 15 is 0 Å². The van der Waals surface area contributed by atoms with Crippen LogP contribution in [0.4, 0.5) is 5.69 Å². The van der Waals surface area contributed by atoms with Crippen LogP contribution in [0.2, 0.25) is 0 Å². The van der Waals surface area contributed by atoms with Gasteiger partial charge in [0.25, 0.3) is 0 Å². The number of methoxy groups -OCH3 is 1. The van der Waals surface area contributed by atoms with Crippen LogP contribution >= 0.6 is 0 Å². The van der Waals surface area contributed by atoms with Crippen molar-refractivity contribution in [3.05, 3.63) is 42.0 Å². The highest BCUT2D eigenvalue weighted by Crippen LogP contribution is 2.42. The zero-order valence-electron chi connectivity index (χ0n) is 14.1. The standard InChI is InChI=1S/C19H21N3O3/c1-24-18-9-16-15-5-3-2-4-13(15)8-14(22-12-23)11-21-17(16)10-19(18)25-7-6-20/h2-5,9-12,14H,6-8,20H2,1H3,(H,22,23). The van der Waals surface area contributed by atoms with Crippen LogP contribution in [0.5, 0.6) is 11.5 Å². The Kier molecular flexibility index (Phi) is 5.30. The topological polar surface area (TPSA) is 85.9 Å². The van der Waals surface area contributed by atoms with E-state index in [-0.39, 0.29) is 6.04 Å². The lowest BCUT2D eigenvalue weighted by atomic mass is 9.93. The molecule has 1 amide bonds. The van der Waals surface area contributed by atoms with Crippen LogP contribution in [-0.2, 0) is 11.2 Å². The Balaban J connectivity index is 2.14. The minimum Gasteiger partial charge on any atom is -0.493 e. The van der Waals surface area contributed by atoms with Gasteiger partial charge in [0.15, 0.2) is 11.5 Å². The third-order valence-corrected chi connectivity index (χ3v) is 4.08. The van der Waals surface area contributed by atoms with E-state index in [4.69, 9.17) is 15.2 Å². The number of carbonyl (C=O) groups is 1. The highest BCUT2D eigenvalue weighted by molar-refractivity contribution is 5.86. The molecule has 1 unspecified atom stereocenters. The number of hydrogen-bond donors (Lipinski definition) is 2. The second-order valence-electron chi connectivity index (χ2n) is 5.69. The van der Waals surface area contributed by atoms with Gasteiger partial charge in [-0.1, -0.05) is 24.3 Å². The number of aliphatic imine (C=N–C) groups is 1. The smallest absolute Gasteiger partial charge is 0.207 e. The summed E-state index contributed by atoms with van der Waals surface area (Å²) in [5.41, 5.74) is 9.45.